The highest BCUT2D eigenvalue weighted by Gasteiger charge is 2.26. The maximum Gasteiger partial charge on any atom is 0.227 e. The zero-order valence-electron chi connectivity index (χ0n) is 16.3. The summed E-state index contributed by atoms with van der Waals surface area (Å²) in [4.78, 5) is 24.1. The standard InChI is InChI=1S/C23H26N4O/c1-2-21-24-13-15-27(21)22-12-6-11-20(25-22)19-10-7-14-26(17-19)23(28)16-18-8-4-3-5-9-18/h3-6,8-9,11-13,15,19H,2,7,10,14,16-17H2,1H3/t19-/m0/s1. The topological polar surface area (TPSA) is 51.0 Å². The van der Waals surface area contributed by atoms with Crippen molar-refractivity contribution in [3.63, 3.8) is 0 Å². The first kappa shape index (κ1) is 18.4. The van der Waals surface area contributed by atoms with Crippen LogP contribution in [0.5, 0.6) is 0 Å². The zero-order valence-corrected chi connectivity index (χ0v) is 16.3. The van der Waals surface area contributed by atoms with E-state index in [4.69, 9.17) is 4.98 Å². The van der Waals surface area contributed by atoms with E-state index in [1.165, 1.54) is 0 Å². The number of carbonyl (C=O) groups is 1. The van der Waals surface area contributed by atoms with Crippen molar-refractivity contribution in [2.24, 2.45) is 0 Å². The molecule has 5 nitrogen and oxygen atoms in total. The van der Waals surface area contributed by atoms with Crippen LogP contribution in [0.15, 0.2) is 60.9 Å². The fraction of sp³-hybridized carbons (Fsp3) is 0.348. The van der Waals surface area contributed by atoms with E-state index in [1.807, 2.05) is 58.3 Å². The number of hydrogen-bond acceptors (Lipinski definition) is 3. The molecule has 3 aromatic rings. The average molecular weight is 374 g/mol. The Balaban J connectivity index is 1.49. The molecule has 0 aliphatic carbocycles. The van der Waals surface area contributed by atoms with Gasteiger partial charge in [0, 0.05) is 43.5 Å². The summed E-state index contributed by atoms with van der Waals surface area (Å²) in [6.45, 7) is 3.68. The molecule has 1 amide bonds. The first-order valence-electron chi connectivity index (χ1n) is 10.1. The van der Waals surface area contributed by atoms with E-state index in [2.05, 4.69) is 24.0 Å². The lowest BCUT2D eigenvalue weighted by Gasteiger charge is -2.32. The molecule has 0 saturated carbocycles. The Hall–Kier alpha value is -2.95. The van der Waals surface area contributed by atoms with Gasteiger partial charge in [-0.05, 0) is 30.5 Å². The lowest BCUT2D eigenvalue weighted by atomic mass is 9.93. The summed E-state index contributed by atoms with van der Waals surface area (Å²) >= 11 is 0. The predicted molar refractivity (Wildman–Crippen MR) is 109 cm³/mol. The zero-order chi connectivity index (χ0) is 19.3. The van der Waals surface area contributed by atoms with Gasteiger partial charge < -0.3 is 4.90 Å². The van der Waals surface area contributed by atoms with Gasteiger partial charge in [0.2, 0.25) is 5.91 Å². The van der Waals surface area contributed by atoms with Gasteiger partial charge in [-0.1, -0.05) is 43.3 Å². The molecule has 1 aliphatic heterocycles. The molecule has 3 heterocycles. The molecule has 0 bridgehead atoms. The molecule has 0 radical (unpaired) electrons. The molecule has 28 heavy (non-hydrogen) atoms. The molecular formula is C23H26N4O. The van der Waals surface area contributed by atoms with Gasteiger partial charge in [0.15, 0.2) is 0 Å². The Bertz CT molecular complexity index is 935. The van der Waals surface area contributed by atoms with E-state index in [1.54, 1.807) is 0 Å². The second kappa shape index (κ2) is 8.38. The number of aromatic nitrogens is 3. The van der Waals surface area contributed by atoms with Crippen molar-refractivity contribution in [3.8, 4) is 5.82 Å². The van der Waals surface area contributed by atoms with Crippen LogP contribution < -0.4 is 0 Å². The average Bonchev–Trinajstić information content (AvgIpc) is 3.24. The second-order valence-electron chi connectivity index (χ2n) is 7.33. The highest BCUT2D eigenvalue weighted by molar-refractivity contribution is 5.79. The van der Waals surface area contributed by atoms with Crippen molar-refractivity contribution in [2.75, 3.05) is 13.1 Å². The monoisotopic (exact) mass is 374 g/mol. The van der Waals surface area contributed by atoms with E-state index in [9.17, 15) is 4.79 Å². The van der Waals surface area contributed by atoms with Gasteiger partial charge in [-0.3, -0.25) is 9.36 Å². The molecule has 1 fully saturated rings. The number of nitrogens with zero attached hydrogens (tertiary/aromatic N) is 4. The van der Waals surface area contributed by atoms with Crippen molar-refractivity contribution in [1.29, 1.82) is 0 Å². The van der Waals surface area contributed by atoms with Crippen LogP contribution in [0.3, 0.4) is 0 Å². The lowest BCUT2D eigenvalue weighted by Crippen LogP contribution is -2.40. The highest BCUT2D eigenvalue weighted by atomic mass is 16.2. The first-order valence-corrected chi connectivity index (χ1v) is 10.1. The van der Waals surface area contributed by atoms with Crippen molar-refractivity contribution in [3.05, 3.63) is 78.0 Å². The van der Waals surface area contributed by atoms with E-state index in [0.717, 1.165) is 55.3 Å². The van der Waals surface area contributed by atoms with Gasteiger partial charge in [-0.15, -0.1) is 0 Å². The number of rotatable bonds is 5. The van der Waals surface area contributed by atoms with Crippen molar-refractivity contribution in [1.82, 2.24) is 19.4 Å². The van der Waals surface area contributed by atoms with Crippen molar-refractivity contribution < 1.29 is 4.79 Å². The van der Waals surface area contributed by atoms with Crippen LogP contribution in [0.25, 0.3) is 5.82 Å². The number of aryl methyl sites for hydroxylation is 1. The van der Waals surface area contributed by atoms with Crippen LogP contribution in [0.2, 0.25) is 0 Å². The van der Waals surface area contributed by atoms with E-state index < -0.39 is 0 Å². The number of amides is 1. The number of likely N-dealkylation sites (tertiary alicyclic amines) is 1. The third-order valence-corrected chi connectivity index (χ3v) is 5.43. The van der Waals surface area contributed by atoms with Gasteiger partial charge in [-0.2, -0.15) is 0 Å². The number of pyridine rings is 1. The Labute approximate surface area is 166 Å². The minimum absolute atomic E-state index is 0.204. The van der Waals surface area contributed by atoms with Crippen molar-refractivity contribution in [2.45, 2.75) is 38.5 Å². The van der Waals surface area contributed by atoms with Crippen LogP contribution in [-0.4, -0.2) is 38.4 Å². The predicted octanol–water partition coefficient (Wildman–Crippen LogP) is 3.78. The summed E-state index contributed by atoms with van der Waals surface area (Å²) < 4.78 is 2.05. The minimum Gasteiger partial charge on any atom is -0.342 e. The molecule has 1 saturated heterocycles. The Kier molecular flexibility index (Phi) is 5.51. The molecule has 1 aliphatic rings. The molecular weight excluding hydrogens is 348 g/mol. The Morgan fingerprint density at radius 1 is 1.14 bits per heavy atom. The molecule has 144 valence electrons. The van der Waals surface area contributed by atoms with Crippen LogP contribution in [0.1, 0.15) is 42.8 Å². The number of benzene rings is 1. The van der Waals surface area contributed by atoms with E-state index in [0.29, 0.717) is 6.42 Å². The number of imidazole rings is 1. The van der Waals surface area contributed by atoms with E-state index in [-0.39, 0.29) is 11.8 Å². The van der Waals surface area contributed by atoms with Gasteiger partial charge in [0.05, 0.1) is 6.42 Å². The molecule has 1 atom stereocenters. The highest BCUT2D eigenvalue weighted by Crippen LogP contribution is 2.27. The summed E-state index contributed by atoms with van der Waals surface area (Å²) in [5.41, 5.74) is 2.13. The van der Waals surface area contributed by atoms with Crippen LogP contribution in [-0.2, 0) is 17.6 Å². The largest absolute Gasteiger partial charge is 0.342 e. The summed E-state index contributed by atoms with van der Waals surface area (Å²) in [7, 11) is 0. The van der Waals surface area contributed by atoms with Gasteiger partial charge in [0.25, 0.3) is 0 Å². The maximum absolute atomic E-state index is 12.8. The Morgan fingerprint density at radius 2 is 2.00 bits per heavy atom. The fourth-order valence-electron chi connectivity index (χ4n) is 3.93. The molecule has 0 spiro atoms. The SMILES string of the molecule is CCc1nccn1-c1cccc([C@H]2CCCN(C(=O)Cc3ccccc3)C2)n1. The van der Waals surface area contributed by atoms with Gasteiger partial charge >= 0.3 is 0 Å². The summed E-state index contributed by atoms with van der Waals surface area (Å²) in [5.74, 6) is 2.39. The van der Waals surface area contributed by atoms with E-state index >= 15 is 0 Å². The lowest BCUT2D eigenvalue weighted by molar-refractivity contribution is -0.131. The minimum atomic E-state index is 0.204. The summed E-state index contributed by atoms with van der Waals surface area (Å²) in [5, 5.41) is 0. The van der Waals surface area contributed by atoms with Crippen LogP contribution >= 0.6 is 0 Å². The van der Waals surface area contributed by atoms with Gasteiger partial charge in [-0.25, -0.2) is 9.97 Å². The van der Waals surface area contributed by atoms with Crippen molar-refractivity contribution >= 4 is 5.91 Å². The normalized spacial score (nSPS) is 16.9. The molecule has 0 unspecified atom stereocenters. The fourth-order valence-corrected chi connectivity index (χ4v) is 3.93. The molecule has 1 aromatic carbocycles. The number of piperidine rings is 1. The Morgan fingerprint density at radius 3 is 2.82 bits per heavy atom. The quantitative estimate of drug-likeness (QED) is 0.683. The van der Waals surface area contributed by atoms with Crippen LogP contribution in [0, 0.1) is 0 Å². The molecule has 5 heteroatoms. The molecule has 2 aromatic heterocycles. The maximum atomic E-state index is 12.8. The van der Waals surface area contributed by atoms with Gasteiger partial charge in [0.1, 0.15) is 11.6 Å². The molecule has 0 N–H and O–H groups in total. The third kappa shape index (κ3) is 3.98. The summed E-state index contributed by atoms with van der Waals surface area (Å²) in [6.07, 6.45) is 7.19. The number of carbonyl (C=O) groups excluding carboxylic acids is 1. The third-order valence-electron chi connectivity index (χ3n) is 5.43. The van der Waals surface area contributed by atoms with Crippen LogP contribution in [0.4, 0.5) is 0 Å². The molecule has 4 rings (SSSR count). The first-order chi connectivity index (χ1) is 13.7. The number of hydrogen-bond donors (Lipinski definition) is 0. The second-order valence-corrected chi connectivity index (χ2v) is 7.33. The smallest absolute Gasteiger partial charge is 0.227 e. The summed E-state index contributed by atoms with van der Waals surface area (Å²) in [6, 6.07) is 16.1.